The van der Waals surface area contributed by atoms with E-state index < -0.39 is 0 Å². The van der Waals surface area contributed by atoms with E-state index in [1.54, 1.807) is 6.07 Å². The molecule has 2 rings (SSSR count). The molecule has 1 atom stereocenters. The molecule has 0 saturated heterocycles. The largest absolute Gasteiger partial charge is 0.484 e. The van der Waals surface area contributed by atoms with E-state index in [0.717, 1.165) is 22.8 Å². The third kappa shape index (κ3) is 3.95. The van der Waals surface area contributed by atoms with Gasteiger partial charge in [0.1, 0.15) is 5.75 Å². The lowest BCUT2D eigenvalue weighted by Crippen LogP contribution is -2.24. The second kappa shape index (κ2) is 6.72. The van der Waals surface area contributed by atoms with Crippen LogP contribution in [0.3, 0.4) is 0 Å². The fourth-order valence-corrected chi connectivity index (χ4v) is 1.78. The quantitative estimate of drug-likeness (QED) is 0.888. The van der Waals surface area contributed by atoms with E-state index in [9.17, 15) is 0 Å². The van der Waals surface area contributed by atoms with Crippen molar-refractivity contribution in [1.82, 2.24) is 15.5 Å². The molecule has 0 amide bonds. The number of hydrogen-bond acceptors (Lipinski definition) is 5. The Morgan fingerprint density at radius 1 is 1.45 bits per heavy atom. The van der Waals surface area contributed by atoms with E-state index in [1.165, 1.54) is 0 Å². The van der Waals surface area contributed by atoms with Crippen LogP contribution >= 0.6 is 11.6 Å². The van der Waals surface area contributed by atoms with Crippen LogP contribution in [0, 0.1) is 6.92 Å². The average molecular weight is 296 g/mol. The zero-order chi connectivity index (χ0) is 14.5. The molecule has 0 radical (unpaired) electrons. The number of aromatic nitrogens is 2. The normalized spacial score (nSPS) is 12.4. The van der Waals surface area contributed by atoms with Crippen molar-refractivity contribution < 1.29 is 9.26 Å². The Morgan fingerprint density at radius 2 is 2.25 bits per heavy atom. The summed E-state index contributed by atoms with van der Waals surface area (Å²) >= 11 is 5.96. The molecule has 0 bridgehead atoms. The van der Waals surface area contributed by atoms with Crippen LogP contribution in [-0.4, -0.2) is 23.2 Å². The first-order valence-electron chi connectivity index (χ1n) is 6.46. The molecule has 0 spiro atoms. The molecule has 0 aliphatic heterocycles. The number of nitrogens with zero attached hydrogens (tertiary/aromatic N) is 2. The van der Waals surface area contributed by atoms with Crippen molar-refractivity contribution in [2.45, 2.75) is 32.9 Å². The molecule has 0 aliphatic carbocycles. The van der Waals surface area contributed by atoms with Crippen LogP contribution in [0.25, 0.3) is 0 Å². The summed E-state index contributed by atoms with van der Waals surface area (Å²) in [5.41, 5.74) is 0.971. The standard InChI is InChI=1S/C14H18ClN3O2/c1-9-6-11(4-5-12(9)15)19-8-14-17-13(18-20-14)7-10(2)16-3/h4-6,10,16H,7-8H2,1-3H3. The first-order chi connectivity index (χ1) is 9.58. The number of benzene rings is 1. The van der Waals surface area contributed by atoms with Gasteiger partial charge in [0.2, 0.25) is 0 Å². The molecule has 20 heavy (non-hydrogen) atoms. The lowest BCUT2D eigenvalue weighted by Gasteiger charge is -2.05. The van der Waals surface area contributed by atoms with Gasteiger partial charge in [0, 0.05) is 17.5 Å². The Balaban J connectivity index is 1.92. The summed E-state index contributed by atoms with van der Waals surface area (Å²) in [6.45, 7) is 4.24. The predicted molar refractivity (Wildman–Crippen MR) is 77.0 cm³/mol. The Morgan fingerprint density at radius 3 is 2.95 bits per heavy atom. The molecule has 1 unspecified atom stereocenters. The van der Waals surface area contributed by atoms with Crippen molar-refractivity contribution >= 4 is 11.6 Å². The van der Waals surface area contributed by atoms with Crippen molar-refractivity contribution in [3.8, 4) is 5.75 Å². The van der Waals surface area contributed by atoms with Crippen molar-refractivity contribution in [1.29, 1.82) is 0 Å². The molecule has 0 saturated carbocycles. The number of nitrogens with one attached hydrogen (secondary N) is 1. The highest BCUT2D eigenvalue weighted by atomic mass is 35.5. The van der Waals surface area contributed by atoms with Gasteiger partial charge in [-0.05, 0) is 44.7 Å². The van der Waals surface area contributed by atoms with E-state index in [0.29, 0.717) is 17.8 Å². The monoisotopic (exact) mass is 295 g/mol. The highest BCUT2D eigenvalue weighted by Crippen LogP contribution is 2.21. The Bertz CT molecular complexity index is 571. The molecule has 1 aromatic heterocycles. The Labute approximate surface area is 123 Å². The maximum atomic E-state index is 5.96. The van der Waals surface area contributed by atoms with Gasteiger partial charge in [-0.3, -0.25) is 0 Å². The maximum Gasteiger partial charge on any atom is 0.264 e. The van der Waals surface area contributed by atoms with E-state index in [4.69, 9.17) is 20.9 Å². The van der Waals surface area contributed by atoms with Crippen LogP contribution in [0.4, 0.5) is 0 Å². The second-order valence-electron chi connectivity index (χ2n) is 4.70. The number of hydrogen-bond donors (Lipinski definition) is 1. The summed E-state index contributed by atoms with van der Waals surface area (Å²) in [5, 5.41) is 7.77. The molecule has 108 valence electrons. The van der Waals surface area contributed by atoms with Gasteiger partial charge in [-0.2, -0.15) is 4.98 Å². The van der Waals surface area contributed by atoms with Crippen LogP contribution in [0.2, 0.25) is 5.02 Å². The summed E-state index contributed by atoms with van der Waals surface area (Å²) in [7, 11) is 1.90. The van der Waals surface area contributed by atoms with E-state index in [1.807, 2.05) is 26.1 Å². The van der Waals surface area contributed by atoms with Gasteiger partial charge in [0.15, 0.2) is 12.4 Å². The highest BCUT2D eigenvalue weighted by Gasteiger charge is 2.10. The minimum absolute atomic E-state index is 0.252. The first kappa shape index (κ1) is 14.8. The first-order valence-corrected chi connectivity index (χ1v) is 6.84. The topological polar surface area (TPSA) is 60.2 Å². The molecule has 0 fully saturated rings. The molecule has 2 aromatic rings. The van der Waals surface area contributed by atoms with Gasteiger partial charge in [-0.25, -0.2) is 0 Å². The van der Waals surface area contributed by atoms with Crippen molar-refractivity contribution in [2.24, 2.45) is 0 Å². The minimum atomic E-state index is 0.252. The van der Waals surface area contributed by atoms with Crippen LogP contribution in [-0.2, 0) is 13.0 Å². The molecule has 1 aromatic carbocycles. The summed E-state index contributed by atoms with van der Waals surface area (Å²) in [6, 6.07) is 5.80. The number of aryl methyl sites for hydroxylation is 1. The zero-order valence-corrected chi connectivity index (χ0v) is 12.6. The number of ether oxygens (including phenoxy) is 1. The average Bonchev–Trinajstić information content (AvgIpc) is 2.87. The lowest BCUT2D eigenvalue weighted by atomic mass is 10.2. The maximum absolute atomic E-state index is 5.96. The predicted octanol–water partition coefficient (Wildman–Crippen LogP) is 2.76. The molecule has 6 heteroatoms. The Kier molecular flexibility index (Phi) is 4.98. The van der Waals surface area contributed by atoms with Gasteiger partial charge in [0.05, 0.1) is 0 Å². The number of halogens is 1. The second-order valence-corrected chi connectivity index (χ2v) is 5.11. The summed E-state index contributed by atoms with van der Waals surface area (Å²) in [4.78, 5) is 4.28. The van der Waals surface area contributed by atoms with Gasteiger partial charge < -0.3 is 14.6 Å². The van der Waals surface area contributed by atoms with Crippen LogP contribution in [0.15, 0.2) is 22.7 Å². The molecule has 1 N–H and O–H groups in total. The number of rotatable bonds is 6. The van der Waals surface area contributed by atoms with Crippen molar-refractivity contribution in [3.05, 3.63) is 40.5 Å². The molecular weight excluding hydrogens is 278 g/mol. The summed E-state index contributed by atoms with van der Waals surface area (Å²) in [6.07, 6.45) is 0.722. The van der Waals surface area contributed by atoms with Gasteiger partial charge in [0.25, 0.3) is 5.89 Å². The smallest absolute Gasteiger partial charge is 0.264 e. The van der Waals surface area contributed by atoms with Crippen LogP contribution in [0.1, 0.15) is 24.2 Å². The van der Waals surface area contributed by atoms with E-state index in [2.05, 4.69) is 22.4 Å². The summed E-state index contributed by atoms with van der Waals surface area (Å²) in [5.74, 6) is 1.88. The van der Waals surface area contributed by atoms with E-state index in [-0.39, 0.29) is 6.61 Å². The molecule has 5 nitrogen and oxygen atoms in total. The molecule has 1 heterocycles. The third-order valence-electron chi connectivity index (χ3n) is 2.98. The fourth-order valence-electron chi connectivity index (χ4n) is 1.66. The van der Waals surface area contributed by atoms with Crippen molar-refractivity contribution in [3.63, 3.8) is 0 Å². The SMILES string of the molecule is CNC(C)Cc1noc(COc2ccc(Cl)c(C)c2)n1. The lowest BCUT2D eigenvalue weighted by molar-refractivity contribution is 0.242. The molecule has 0 aliphatic rings. The Hall–Kier alpha value is -1.59. The number of likely N-dealkylation sites (N-methyl/N-ethyl adjacent to an activating group) is 1. The minimum Gasteiger partial charge on any atom is -0.484 e. The van der Waals surface area contributed by atoms with Gasteiger partial charge >= 0.3 is 0 Å². The zero-order valence-electron chi connectivity index (χ0n) is 11.8. The highest BCUT2D eigenvalue weighted by molar-refractivity contribution is 6.31. The third-order valence-corrected chi connectivity index (χ3v) is 3.41. The van der Waals surface area contributed by atoms with Gasteiger partial charge in [-0.15, -0.1) is 0 Å². The summed E-state index contributed by atoms with van der Waals surface area (Å²) < 4.78 is 10.7. The molecular formula is C14H18ClN3O2. The van der Waals surface area contributed by atoms with Gasteiger partial charge in [-0.1, -0.05) is 16.8 Å². The fraction of sp³-hybridized carbons (Fsp3) is 0.429. The van der Waals surface area contributed by atoms with Crippen LogP contribution < -0.4 is 10.1 Å². The van der Waals surface area contributed by atoms with E-state index >= 15 is 0 Å². The van der Waals surface area contributed by atoms with Crippen molar-refractivity contribution in [2.75, 3.05) is 7.05 Å². The van der Waals surface area contributed by atoms with Crippen LogP contribution in [0.5, 0.6) is 5.75 Å².